The summed E-state index contributed by atoms with van der Waals surface area (Å²) in [6.07, 6.45) is -7.27. The SMILES string of the molecule is Cc1csc([C@@H](OC(=O)c2cccc(C(N)=O)c2)C(F)(F)F)n1. The van der Waals surface area contributed by atoms with E-state index in [0.29, 0.717) is 5.69 Å². The van der Waals surface area contributed by atoms with Crippen LogP contribution in [0.5, 0.6) is 0 Å². The first-order valence-corrected chi connectivity index (χ1v) is 7.16. The van der Waals surface area contributed by atoms with Gasteiger partial charge in [0.2, 0.25) is 12.0 Å². The molecule has 1 heterocycles. The fraction of sp³-hybridized carbons (Fsp3) is 0.214. The lowest BCUT2D eigenvalue weighted by Crippen LogP contribution is -2.26. The Morgan fingerprint density at radius 3 is 2.48 bits per heavy atom. The molecule has 1 atom stereocenters. The number of nitrogens with two attached hydrogens (primary N) is 1. The second-order valence-corrected chi connectivity index (χ2v) is 5.49. The van der Waals surface area contributed by atoms with Crippen molar-refractivity contribution in [3.8, 4) is 0 Å². The molecule has 9 heteroatoms. The predicted molar refractivity (Wildman–Crippen MR) is 76.0 cm³/mol. The highest BCUT2D eigenvalue weighted by Gasteiger charge is 2.46. The fourth-order valence-corrected chi connectivity index (χ4v) is 2.57. The molecule has 5 nitrogen and oxygen atoms in total. The molecule has 0 spiro atoms. The molecule has 0 fully saturated rings. The molecule has 0 radical (unpaired) electrons. The largest absolute Gasteiger partial charge is 0.442 e. The number of ether oxygens (including phenoxy) is 1. The van der Waals surface area contributed by atoms with Crippen molar-refractivity contribution in [3.05, 3.63) is 51.5 Å². The molecule has 2 aromatic rings. The maximum atomic E-state index is 13.1. The van der Waals surface area contributed by atoms with Crippen molar-refractivity contribution in [3.63, 3.8) is 0 Å². The van der Waals surface area contributed by atoms with Gasteiger partial charge in [0.05, 0.1) is 5.56 Å². The lowest BCUT2D eigenvalue weighted by molar-refractivity contribution is -0.207. The van der Waals surface area contributed by atoms with Crippen LogP contribution in [0.4, 0.5) is 13.2 Å². The average molecular weight is 344 g/mol. The first-order valence-electron chi connectivity index (χ1n) is 6.28. The molecule has 0 saturated carbocycles. The van der Waals surface area contributed by atoms with Crippen LogP contribution in [0.25, 0.3) is 0 Å². The van der Waals surface area contributed by atoms with Gasteiger partial charge in [-0.25, -0.2) is 9.78 Å². The highest BCUT2D eigenvalue weighted by molar-refractivity contribution is 7.09. The normalized spacial score (nSPS) is 12.7. The Bertz CT molecular complexity index is 743. The monoisotopic (exact) mass is 344 g/mol. The molecule has 0 aliphatic heterocycles. The minimum atomic E-state index is -4.80. The van der Waals surface area contributed by atoms with Crippen LogP contribution in [0.2, 0.25) is 0 Å². The van der Waals surface area contributed by atoms with E-state index in [4.69, 9.17) is 5.73 Å². The number of benzene rings is 1. The van der Waals surface area contributed by atoms with E-state index in [1.54, 1.807) is 0 Å². The van der Waals surface area contributed by atoms with Crippen molar-refractivity contribution >= 4 is 23.2 Å². The quantitative estimate of drug-likeness (QED) is 0.865. The van der Waals surface area contributed by atoms with Gasteiger partial charge in [0.1, 0.15) is 5.01 Å². The van der Waals surface area contributed by atoms with E-state index in [2.05, 4.69) is 9.72 Å². The van der Waals surface area contributed by atoms with Gasteiger partial charge < -0.3 is 10.5 Å². The van der Waals surface area contributed by atoms with E-state index in [1.165, 1.54) is 30.5 Å². The number of aromatic nitrogens is 1. The molecular weight excluding hydrogens is 333 g/mol. The van der Waals surface area contributed by atoms with E-state index >= 15 is 0 Å². The summed E-state index contributed by atoms with van der Waals surface area (Å²) in [5.74, 6) is -2.02. The summed E-state index contributed by atoms with van der Waals surface area (Å²) in [5, 5.41) is 1.06. The minimum Gasteiger partial charge on any atom is -0.442 e. The summed E-state index contributed by atoms with van der Waals surface area (Å²) < 4.78 is 43.9. The van der Waals surface area contributed by atoms with Gasteiger partial charge in [-0.1, -0.05) is 6.07 Å². The van der Waals surface area contributed by atoms with Gasteiger partial charge in [-0.15, -0.1) is 11.3 Å². The highest BCUT2D eigenvalue weighted by Crippen LogP contribution is 2.37. The smallest absolute Gasteiger partial charge is 0.432 e. The van der Waals surface area contributed by atoms with E-state index in [0.717, 1.165) is 17.4 Å². The molecule has 122 valence electrons. The number of esters is 1. The molecule has 2 N–H and O–H groups in total. The van der Waals surface area contributed by atoms with E-state index in [-0.39, 0.29) is 16.1 Å². The number of halogens is 3. The Kier molecular flexibility index (Phi) is 4.69. The number of amides is 1. The number of primary amides is 1. The predicted octanol–water partition coefficient (Wildman–Crippen LogP) is 3.01. The number of hydrogen-bond acceptors (Lipinski definition) is 5. The van der Waals surface area contributed by atoms with Gasteiger partial charge in [0.15, 0.2) is 0 Å². The third-order valence-corrected chi connectivity index (χ3v) is 3.77. The zero-order valence-corrected chi connectivity index (χ0v) is 12.6. The topological polar surface area (TPSA) is 82.3 Å². The molecule has 23 heavy (non-hydrogen) atoms. The van der Waals surface area contributed by atoms with Crippen molar-refractivity contribution in [1.82, 2.24) is 4.98 Å². The number of carbonyl (C=O) groups is 2. The molecule has 0 unspecified atom stereocenters. The molecule has 0 aliphatic carbocycles. The molecule has 1 aromatic carbocycles. The number of rotatable bonds is 4. The fourth-order valence-electron chi connectivity index (χ4n) is 1.72. The van der Waals surface area contributed by atoms with Crippen LogP contribution in [0.1, 0.15) is 37.5 Å². The van der Waals surface area contributed by atoms with E-state index in [1.807, 2.05) is 0 Å². The van der Waals surface area contributed by atoms with Gasteiger partial charge in [0, 0.05) is 16.6 Å². The van der Waals surface area contributed by atoms with Gasteiger partial charge in [-0.3, -0.25) is 4.79 Å². The van der Waals surface area contributed by atoms with E-state index < -0.39 is 24.2 Å². The van der Waals surface area contributed by atoms with Gasteiger partial charge in [-0.2, -0.15) is 13.2 Å². The molecule has 0 bridgehead atoms. The van der Waals surface area contributed by atoms with Gasteiger partial charge >= 0.3 is 12.1 Å². The maximum absolute atomic E-state index is 13.1. The van der Waals surface area contributed by atoms with Crippen molar-refractivity contribution in [2.75, 3.05) is 0 Å². The van der Waals surface area contributed by atoms with Crippen LogP contribution in [-0.4, -0.2) is 23.0 Å². The number of thiazole rings is 1. The third kappa shape index (κ3) is 4.07. The number of nitrogens with zero attached hydrogens (tertiary/aromatic N) is 1. The number of hydrogen-bond donors (Lipinski definition) is 1. The Morgan fingerprint density at radius 2 is 1.96 bits per heavy atom. The van der Waals surface area contributed by atoms with Crippen molar-refractivity contribution in [2.24, 2.45) is 5.73 Å². The Balaban J connectivity index is 2.28. The summed E-state index contributed by atoms with van der Waals surface area (Å²) in [4.78, 5) is 26.7. The zero-order valence-electron chi connectivity index (χ0n) is 11.8. The summed E-state index contributed by atoms with van der Waals surface area (Å²) in [6, 6.07) is 4.97. The summed E-state index contributed by atoms with van der Waals surface area (Å²) in [6.45, 7) is 1.53. The summed E-state index contributed by atoms with van der Waals surface area (Å²) in [5.41, 5.74) is 5.25. The van der Waals surface area contributed by atoms with Crippen LogP contribution in [0, 0.1) is 6.92 Å². The zero-order chi connectivity index (χ0) is 17.2. The Morgan fingerprint density at radius 1 is 1.30 bits per heavy atom. The lowest BCUT2D eigenvalue weighted by atomic mass is 10.1. The van der Waals surface area contributed by atoms with Crippen LogP contribution < -0.4 is 5.73 Å². The van der Waals surface area contributed by atoms with Crippen LogP contribution in [-0.2, 0) is 4.74 Å². The first kappa shape index (κ1) is 16.9. The summed E-state index contributed by atoms with van der Waals surface area (Å²) in [7, 11) is 0. The van der Waals surface area contributed by atoms with Crippen LogP contribution in [0.15, 0.2) is 29.6 Å². The number of carbonyl (C=O) groups excluding carboxylic acids is 2. The minimum absolute atomic E-state index is 0.00639. The van der Waals surface area contributed by atoms with E-state index in [9.17, 15) is 22.8 Å². The Hall–Kier alpha value is -2.42. The standard InChI is InChI=1S/C14H11F3N2O3S/c1-7-6-23-12(19-7)10(14(15,16)17)22-13(21)9-4-2-3-8(5-9)11(18)20/h2-6,10H,1H3,(H2,18,20)/t10-/m1/s1. The molecule has 1 aromatic heterocycles. The van der Waals surface area contributed by atoms with Crippen molar-refractivity contribution in [2.45, 2.75) is 19.2 Å². The van der Waals surface area contributed by atoms with Gasteiger partial charge in [0.25, 0.3) is 0 Å². The maximum Gasteiger partial charge on any atom is 0.432 e. The third-order valence-electron chi connectivity index (χ3n) is 2.77. The van der Waals surface area contributed by atoms with Crippen molar-refractivity contribution in [1.29, 1.82) is 0 Å². The first-order chi connectivity index (χ1) is 10.7. The van der Waals surface area contributed by atoms with Gasteiger partial charge in [-0.05, 0) is 25.1 Å². The molecule has 2 rings (SSSR count). The average Bonchev–Trinajstić information content (AvgIpc) is 2.89. The van der Waals surface area contributed by atoms with Crippen LogP contribution >= 0.6 is 11.3 Å². The molecule has 0 aliphatic rings. The summed E-state index contributed by atoms with van der Waals surface area (Å²) >= 11 is 0.747. The van der Waals surface area contributed by atoms with Crippen molar-refractivity contribution < 1.29 is 27.5 Å². The lowest BCUT2D eigenvalue weighted by Gasteiger charge is -2.18. The van der Waals surface area contributed by atoms with Crippen LogP contribution in [0.3, 0.4) is 0 Å². The number of aryl methyl sites for hydroxylation is 1. The molecule has 1 amide bonds. The molecule has 0 saturated heterocycles. The molecular formula is C14H11F3N2O3S. The number of alkyl halides is 3. The highest BCUT2D eigenvalue weighted by atomic mass is 32.1. The second kappa shape index (κ2) is 6.37. The second-order valence-electron chi connectivity index (χ2n) is 4.60. The Labute approximate surface area is 132 Å².